The van der Waals surface area contributed by atoms with Gasteiger partial charge in [0.15, 0.2) is 0 Å². The van der Waals surface area contributed by atoms with Crippen LogP contribution in [0.2, 0.25) is 0 Å². The summed E-state index contributed by atoms with van der Waals surface area (Å²) < 4.78 is 5.42. The minimum atomic E-state index is -0.471. The zero-order chi connectivity index (χ0) is 15.9. The highest BCUT2D eigenvalue weighted by Gasteiger charge is 2.11. The Morgan fingerprint density at radius 1 is 1.23 bits per heavy atom. The topological polar surface area (TPSA) is 76.2 Å². The first-order valence-electron chi connectivity index (χ1n) is 6.60. The highest BCUT2D eigenvalue weighted by atomic mass is 16.6. The van der Waals surface area contributed by atoms with E-state index in [0.717, 1.165) is 5.56 Å². The van der Waals surface area contributed by atoms with Gasteiger partial charge in [0.25, 0.3) is 5.69 Å². The number of nitriles is 1. The molecular weight excluding hydrogens is 280 g/mol. The number of nitro benzene ring substituents is 1. The molecule has 0 N–H and O–H groups in total. The molecule has 0 heterocycles. The van der Waals surface area contributed by atoms with Crippen molar-refractivity contribution in [3.05, 3.63) is 81.9 Å². The molecule has 0 fully saturated rings. The second kappa shape index (κ2) is 7.16. The van der Waals surface area contributed by atoms with Crippen LogP contribution in [-0.4, -0.2) is 12.0 Å². The second-order valence-electron chi connectivity index (χ2n) is 4.56. The van der Waals surface area contributed by atoms with Crippen molar-refractivity contribution < 1.29 is 9.66 Å². The smallest absolute Gasteiger partial charge is 0.269 e. The number of methoxy groups -OCH3 is 1. The van der Waals surface area contributed by atoms with Gasteiger partial charge < -0.3 is 4.74 Å². The first kappa shape index (κ1) is 15.4. The van der Waals surface area contributed by atoms with E-state index in [1.165, 1.54) is 12.1 Å². The number of hydrogen-bond donors (Lipinski definition) is 0. The van der Waals surface area contributed by atoms with Gasteiger partial charge in [0.05, 0.1) is 16.6 Å². The third-order valence-corrected chi connectivity index (χ3v) is 3.21. The molecule has 0 radical (unpaired) electrons. The fourth-order valence-corrected chi connectivity index (χ4v) is 2.06. The Kier molecular flexibility index (Phi) is 5.02. The summed E-state index contributed by atoms with van der Waals surface area (Å²) in [6.45, 7) is 0. The SMILES string of the molecule is COC(/C=C(\C#N)c1ccc([N+](=O)[O-])cc1)c1ccccc1. The molecule has 1 atom stereocenters. The second-order valence-corrected chi connectivity index (χ2v) is 4.56. The van der Waals surface area contributed by atoms with E-state index in [1.54, 1.807) is 25.3 Å². The Hall–Kier alpha value is -2.97. The lowest BCUT2D eigenvalue weighted by Crippen LogP contribution is -1.99. The molecule has 0 saturated heterocycles. The number of hydrogen-bond acceptors (Lipinski definition) is 4. The fourth-order valence-electron chi connectivity index (χ4n) is 2.06. The van der Waals surface area contributed by atoms with Gasteiger partial charge in [-0.2, -0.15) is 5.26 Å². The number of non-ortho nitro benzene ring substituents is 1. The number of benzene rings is 2. The summed E-state index contributed by atoms with van der Waals surface area (Å²) in [6, 6.07) is 17.5. The van der Waals surface area contributed by atoms with E-state index in [0.29, 0.717) is 11.1 Å². The van der Waals surface area contributed by atoms with Crippen molar-refractivity contribution in [1.82, 2.24) is 0 Å². The van der Waals surface area contributed by atoms with Crippen LogP contribution in [0.4, 0.5) is 5.69 Å². The Balaban J connectivity index is 2.34. The standard InChI is InChI=1S/C17H14N2O3/c1-22-17(14-5-3-2-4-6-14)11-15(12-18)13-7-9-16(10-8-13)19(20)21/h2-11,17H,1H3/b15-11+. The average molecular weight is 294 g/mol. The van der Waals surface area contributed by atoms with Gasteiger partial charge in [0.1, 0.15) is 6.10 Å². The van der Waals surface area contributed by atoms with Gasteiger partial charge in [-0.05, 0) is 29.3 Å². The number of nitrogens with zero attached hydrogens (tertiary/aromatic N) is 2. The average Bonchev–Trinajstić information content (AvgIpc) is 2.57. The van der Waals surface area contributed by atoms with E-state index in [-0.39, 0.29) is 11.8 Å². The van der Waals surface area contributed by atoms with Crippen LogP contribution in [0.1, 0.15) is 17.2 Å². The Bertz CT molecular complexity index is 716. The molecule has 22 heavy (non-hydrogen) atoms. The number of rotatable bonds is 5. The molecule has 5 nitrogen and oxygen atoms in total. The van der Waals surface area contributed by atoms with E-state index in [4.69, 9.17) is 4.74 Å². The minimum Gasteiger partial charge on any atom is -0.373 e. The molecule has 0 amide bonds. The van der Waals surface area contributed by atoms with Crippen LogP contribution in [0.25, 0.3) is 5.57 Å². The van der Waals surface area contributed by atoms with E-state index >= 15 is 0 Å². The summed E-state index contributed by atoms with van der Waals surface area (Å²) in [5.74, 6) is 0. The normalized spacial score (nSPS) is 12.5. The summed E-state index contributed by atoms with van der Waals surface area (Å²) in [5, 5.41) is 20.0. The van der Waals surface area contributed by atoms with Crippen molar-refractivity contribution in [3.8, 4) is 6.07 Å². The van der Waals surface area contributed by atoms with E-state index in [9.17, 15) is 15.4 Å². The number of allylic oxidation sites excluding steroid dienone is 1. The van der Waals surface area contributed by atoms with Crippen LogP contribution in [-0.2, 0) is 4.74 Å². The maximum absolute atomic E-state index is 10.7. The summed E-state index contributed by atoms with van der Waals surface area (Å²) >= 11 is 0. The van der Waals surface area contributed by atoms with Gasteiger partial charge in [0, 0.05) is 19.2 Å². The first-order valence-corrected chi connectivity index (χ1v) is 6.60. The van der Waals surface area contributed by atoms with Crippen LogP contribution in [0.3, 0.4) is 0 Å². The number of nitro groups is 1. The molecule has 2 aromatic rings. The van der Waals surface area contributed by atoms with Crippen molar-refractivity contribution in [2.24, 2.45) is 0 Å². The molecule has 0 spiro atoms. The first-order chi connectivity index (χ1) is 10.7. The van der Waals surface area contributed by atoms with E-state index in [2.05, 4.69) is 6.07 Å². The summed E-state index contributed by atoms with van der Waals surface area (Å²) in [7, 11) is 1.57. The molecule has 0 aliphatic carbocycles. The van der Waals surface area contributed by atoms with Crippen LogP contribution in [0, 0.1) is 21.4 Å². The van der Waals surface area contributed by atoms with Gasteiger partial charge in [-0.15, -0.1) is 0 Å². The van der Waals surface area contributed by atoms with E-state index in [1.807, 2.05) is 30.3 Å². The Morgan fingerprint density at radius 2 is 1.86 bits per heavy atom. The lowest BCUT2D eigenvalue weighted by Gasteiger charge is -2.12. The maximum atomic E-state index is 10.7. The van der Waals surface area contributed by atoms with Crippen molar-refractivity contribution in [3.63, 3.8) is 0 Å². The third kappa shape index (κ3) is 3.57. The lowest BCUT2D eigenvalue weighted by atomic mass is 10.0. The van der Waals surface area contributed by atoms with Gasteiger partial charge in [0.2, 0.25) is 0 Å². The third-order valence-electron chi connectivity index (χ3n) is 3.21. The van der Waals surface area contributed by atoms with Crippen LogP contribution in [0.15, 0.2) is 60.7 Å². The van der Waals surface area contributed by atoms with Gasteiger partial charge in [-0.3, -0.25) is 10.1 Å². The van der Waals surface area contributed by atoms with E-state index < -0.39 is 4.92 Å². The molecule has 0 saturated carbocycles. The predicted octanol–water partition coefficient (Wildman–Crippen LogP) is 3.89. The van der Waals surface area contributed by atoms with Crippen LogP contribution in [0.5, 0.6) is 0 Å². The quantitative estimate of drug-likeness (QED) is 0.476. The molecule has 0 aliphatic rings. The van der Waals surface area contributed by atoms with Gasteiger partial charge in [-0.1, -0.05) is 30.3 Å². The molecule has 0 aromatic heterocycles. The van der Waals surface area contributed by atoms with Crippen molar-refractivity contribution in [1.29, 1.82) is 5.26 Å². The van der Waals surface area contributed by atoms with Crippen molar-refractivity contribution >= 4 is 11.3 Å². The van der Waals surface area contributed by atoms with Gasteiger partial charge in [-0.25, -0.2) is 0 Å². The Labute approximate surface area is 128 Å². The number of ether oxygens (including phenoxy) is 1. The minimum absolute atomic E-state index is 0.00705. The molecule has 0 aliphatic heterocycles. The van der Waals surface area contributed by atoms with Crippen molar-refractivity contribution in [2.45, 2.75) is 6.10 Å². The lowest BCUT2D eigenvalue weighted by molar-refractivity contribution is -0.384. The Morgan fingerprint density at radius 3 is 2.36 bits per heavy atom. The molecular formula is C17H14N2O3. The fraction of sp³-hybridized carbons (Fsp3) is 0.118. The summed E-state index contributed by atoms with van der Waals surface area (Å²) in [6.07, 6.45) is 1.35. The van der Waals surface area contributed by atoms with Gasteiger partial charge >= 0.3 is 0 Å². The molecule has 2 rings (SSSR count). The zero-order valence-corrected chi connectivity index (χ0v) is 12.0. The zero-order valence-electron chi connectivity index (χ0n) is 12.0. The van der Waals surface area contributed by atoms with Crippen molar-refractivity contribution in [2.75, 3.05) is 7.11 Å². The van der Waals surface area contributed by atoms with Crippen LogP contribution < -0.4 is 0 Å². The summed E-state index contributed by atoms with van der Waals surface area (Å²) in [5.41, 5.74) is 1.95. The van der Waals surface area contributed by atoms with Crippen LogP contribution >= 0.6 is 0 Å². The maximum Gasteiger partial charge on any atom is 0.269 e. The molecule has 2 aromatic carbocycles. The molecule has 0 bridgehead atoms. The predicted molar refractivity (Wildman–Crippen MR) is 82.9 cm³/mol. The highest BCUT2D eigenvalue weighted by molar-refractivity contribution is 5.77. The largest absolute Gasteiger partial charge is 0.373 e. The molecule has 110 valence electrons. The monoisotopic (exact) mass is 294 g/mol. The highest BCUT2D eigenvalue weighted by Crippen LogP contribution is 2.24. The molecule has 5 heteroatoms. The summed E-state index contributed by atoms with van der Waals surface area (Å²) in [4.78, 5) is 10.2. The molecule has 1 unspecified atom stereocenters.